The molecule has 6 nitrogen and oxygen atoms in total. The Bertz CT molecular complexity index is 1020. The van der Waals surface area contributed by atoms with Crippen molar-refractivity contribution in [3.63, 3.8) is 0 Å². The molecule has 0 bridgehead atoms. The second-order valence-corrected chi connectivity index (χ2v) is 11.0. The van der Waals surface area contributed by atoms with Crippen LogP contribution in [-0.2, 0) is 27.6 Å². The molecule has 164 valence electrons. The lowest BCUT2D eigenvalue weighted by atomic mass is 9.69. The van der Waals surface area contributed by atoms with Crippen LogP contribution in [0.15, 0.2) is 29.2 Å². The fourth-order valence-electron chi connectivity index (χ4n) is 3.87. The first kappa shape index (κ1) is 22.6. The van der Waals surface area contributed by atoms with Crippen molar-refractivity contribution in [3.05, 3.63) is 40.3 Å². The molecule has 3 rings (SSSR count). The van der Waals surface area contributed by atoms with E-state index in [2.05, 4.69) is 25.5 Å². The number of methoxy groups -OCH3 is 2. The average Bonchev–Trinajstić information content (AvgIpc) is 3.09. The van der Waals surface area contributed by atoms with E-state index in [1.807, 2.05) is 0 Å². The molecule has 0 spiro atoms. The molecule has 0 saturated heterocycles. The number of fused-ring (bicyclic) bond motifs is 1. The standard InChI is InChI=1S/C22H29NO5S2/c1-6-22(2,3)14-7-12-17-18(13-14)29-20(19(17)21(24)28-5)23-30(25,26)16-10-8-15(27-4)9-11-16/h8-11,14,23H,6-7,12-13H2,1-5H3/t14-/m1/s1. The van der Waals surface area contributed by atoms with E-state index in [0.717, 1.165) is 36.1 Å². The lowest BCUT2D eigenvalue weighted by Gasteiger charge is -2.36. The molecule has 0 aliphatic heterocycles. The van der Waals surface area contributed by atoms with E-state index in [9.17, 15) is 13.2 Å². The molecule has 1 aliphatic carbocycles. The number of anilines is 1. The van der Waals surface area contributed by atoms with Crippen LogP contribution in [-0.4, -0.2) is 28.6 Å². The second-order valence-electron chi connectivity index (χ2n) is 8.26. The van der Waals surface area contributed by atoms with E-state index in [0.29, 0.717) is 22.2 Å². The van der Waals surface area contributed by atoms with Gasteiger partial charge in [0.15, 0.2) is 0 Å². The van der Waals surface area contributed by atoms with Crippen molar-refractivity contribution in [2.75, 3.05) is 18.9 Å². The molecule has 1 heterocycles. The molecule has 1 atom stereocenters. The van der Waals surface area contributed by atoms with Gasteiger partial charge in [-0.2, -0.15) is 0 Å². The Morgan fingerprint density at radius 3 is 2.47 bits per heavy atom. The minimum Gasteiger partial charge on any atom is -0.497 e. The van der Waals surface area contributed by atoms with Gasteiger partial charge in [0.05, 0.1) is 24.7 Å². The van der Waals surface area contributed by atoms with Gasteiger partial charge in [-0.1, -0.05) is 27.2 Å². The van der Waals surface area contributed by atoms with Crippen LogP contribution in [0.3, 0.4) is 0 Å². The number of hydrogen-bond donors (Lipinski definition) is 1. The van der Waals surface area contributed by atoms with E-state index in [1.54, 1.807) is 12.1 Å². The average molecular weight is 452 g/mol. The maximum atomic E-state index is 12.9. The minimum atomic E-state index is -3.85. The third-order valence-corrected chi connectivity index (χ3v) is 8.93. The van der Waals surface area contributed by atoms with Crippen molar-refractivity contribution >= 4 is 32.3 Å². The molecule has 1 aliphatic rings. The number of carbonyl (C=O) groups excluding carboxylic acids is 1. The van der Waals surface area contributed by atoms with Crippen molar-refractivity contribution in [3.8, 4) is 5.75 Å². The van der Waals surface area contributed by atoms with Crippen LogP contribution in [0.25, 0.3) is 0 Å². The zero-order valence-electron chi connectivity index (χ0n) is 18.1. The van der Waals surface area contributed by atoms with Crippen molar-refractivity contribution in [1.82, 2.24) is 0 Å². The summed E-state index contributed by atoms with van der Waals surface area (Å²) in [5, 5.41) is 0.331. The summed E-state index contributed by atoms with van der Waals surface area (Å²) in [4.78, 5) is 13.7. The number of ether oxygens (including phenoxy) is 2. The molecule has 0 saturated carbocycles. The molecular formula is C22H29NO5S2. The predicted octanol–water partition coefficient (Wildman–Crippen LogP) is 4.89. The zero-order chi connectivity index (χ0) is 22.1. The molecule has 0 amide bonds. The van der Waals surface area contributed by atoms with Crippen LogP contribution in [0.5, 0.6) is 5.75 Å². The van der Waals surface area contributed by atoms with E-state index in [-0.39, 0.29) is 10.3 Å². The van der Waals surface area contributed by atoms with Crippen LogP contribution in [0.4, 0.5) is 5.00 Å². The fourth-order valence-corrected chi connectivity index (χ4v) is 6.49. The normalized spacial score (nSPS) is 16.6. The molecule has 2 aromatic rings. The Balaban J connectivity index is 1.97. The molecule has 0 radical (unpaired) electrons. The van der Waals surface area contributed by atoms with Crippen LogP contribution in [0, 0.1) is 11.3 Å². The lowest BCUT2D eigenvalue weighted by molar-refractivity contribution is 0.0600. The number of rotatable bonds is 7. The number of carbonyl (C=O) groups is 1. The highest BCUT2D eigenvalue weighted by molar-refractivity contribution is 7.93. The van der Waals surface area contributed by atoms with Crippen molar-refractivity contribution in [2.24, 2.45) is 11.3 Å². The SMILES string of the molecule is CCC(C)(C)[C@@H]1CCc2c(sc(NS(=O)(=O)c3ccc(OC)cc3)c2C(=O)OC)C1. The Morgan fingerprint density at radius 2 is 1.90 bits per heavy atom. The van der Waals surface area contributed by atoms with Gasteiger partial charge in [-0.05, 0) is 60.4 Å². The second kappa shape index (κ2) is 8.59. The quantitative estimate of drug-likeness (QED) is 0.607. The summed E-state index contributed by atoms with van der Waals surface area (Å²) in [6.45, 7) is 6.73. The first-order valence-electron chi connectivity index (χ1n) is 10.0. The monoisotopic (exact) mass is 451 g/mol. The summed E-state index contributed by atoms with van der Waals surface area (Å²) in [6.07, 6.45) is 3.63. The smallest absolute Gasteiger partial charge is 0.341 e. The zero-order valence-corrected chi connectivity index (χ0v) is 19.7. The van der Waals surface area contributed by atoms with Gasteiger partial charge in [-0.3, -0.25) is 4.72 Å². The first-order valence-corrected chi connectivity index (χ1v) is 12.3. The van der Waals surface area contributed by atoms with E-state index < -0.39 is 16.0 Å². The summed E-state index contributed by atoms with van der Waals surface area (Å²) in [5.74, 6) is 0.554. The first-order chi connectivity index (χ1) is 14.1. The Labute approximate surface area is 182 Å². The molecule has 0 unspecified atom stereocenters. The highest BCUT2D eigenvalue weighted by atomic mass is 32.2. The molecule has 1 aromatic carbocycles. The number of nitrogens with one attached hydrogen (secondary N) is 1. The van der Waals surface area contributed by atoms with Gasteiger partial charge in [0.2, 0.25) is 0 Å². The van der Waals surface area contributed by atoms with Crippen LogP contribution in [0.2, 0.25) is 0 Å². The number of esters is 1. The number of sulfonamides is 1. The fraction of sp³-hybridized carbons (Fsp3) is 0.500. The van der Waals surface area contributed by atoms with Gasteiger partial charge in [-0.15, -0.1) is 11.3 Å². The maximum absolute atomic E-state index is 12.9. The summed E-state index contributed by atoms with van der Waals surface area (Å²) < 4.78 is 38.6. The molecule has 8 heteroatoms. The molecular weight excluding hydrogens is 422 g/mol. The number of hydrogen-bond acceptors (Lipinski definition) is 6. The third kappa shape index (κ3) is 4.34. The van der Waals surface area contributed by atoms with Gasteiger partial charge in [0.1, 0.15) is 10.8 Å². The van der Waals surface area contributed by atoms with Crippen LogP contribution < -0.4 is 9.46 Å². The molecule has 1 N–H and O–H groups in total. The highest BCUT2D eigenvalue weighted by Crippen LogP contribution is 2.46. The Morgan fingerprint density at radius 1 is 1.23 bits per heavy atom. The number of benzene rings is 1. The summed E-state index contributed by atoms with van der Waals surface area (Å²) >= 11 is 1.35. The van der Waals surface area contributed by atoms with Crippen molar-refractivity contribution in [2.45, 2.75) is 51.3 Å². The lowest BCUT2D eigenvalue weighted by Crippen LogP contribution is -2.28. The summed E-state index contributed by atoms with van der Waals surface area (Å²) in [5.41, 5.74) is 1.46. The molecule has 0 fully saturated rings. The van der Waals surface area contributed by atoms with Gasteiger partial charge < -0.3 is 9.47 Å². The Kier molecular flexibility index (Phi) is 6.48. The van der Waals surface area contributed by atoms with Crippen LogP contribution in [0.1, 0.15) is 54.4 Å². The van der Waals surface area contributed by atoms with E-state index >= 15 is 0 Å². The van der Waals surface area contributed by atoms with Gasteiger partial charge in [0, 0.05) is 4.88 Å². The molecule has 30 heavy (non-hydrogen) atoms. The van der Waals surface area contributed by atoms with E-state index in [4.69, 9.17) is 9.47 Å². The predicted molar refractivity (Wildman–Crippen MR) is 119 cm³/mol. The maximum Gasteiger partial charge on any atom is 0.341 e. The van der Waals surface area contributed by atoms with Crippen LogP contribution >= 0.6 is 11.3 Å². The highest BCUT2D eigenvalue weighted by Gasteiger charge is 2.36. The van der Waals surface area contributed by atoms with Crippen molar-refractivity contribution in [1.29, 1.82) is 0 Å². The largest absolute Gasteiger partial charge is 0.497 e. The van der Waals surface area contributed by atoms with E-state index in [1.165, 1.54) is 37.7 Å². The topological polar surface area (TPSA) is 81.7 Å². The van der Waals surface area contributed by atoms with Gasteiger partial charge in [0.25, 0.3) is 10.0 Å². The van der Waals surface area contributed by atoms with Crippen molar-refractivity contribution < 1.29 is 22.7 Å². The number of thiophene rings is 1. The van der Waals surface area contributed by atoms with Gasteiger partial charge in [-0.25, -0.2) is 13.2 Å². The minimum absolute atomic E-state index is 0.107. The Hall–Kier alpha value is -2.06. The third-order valence-electron chi connectivity index (χ3n) is 6.27. The molecule has 1 aromatic heterocycles. The summed E-state index contributed by atoms with van der Waals surface area (Å²) in [7, 11) is -1.01. The summed E-state index contributed by atoms with van der Waals surface area (Å²) in [6, 6.07) is 6.14. The van der Waals surface area contributed by atoms with Gasteiger partial charge >= 0.3 is 5.97 Å².